The number of nitrogens with zero attached hydrogens (tertiary/aromatic N) is 4. The van der Waals surface area contributed by atoms with Crippen molar-refractivity contribution in [2.75, 3.05) is 0 Å². The van der Waals surface area contributed by atoms with Gasteiger partial charge in [-0.05, 0) is 81.3 Å². The minimum atomic E-state index is -0.128. The Kier molecular flexibility index (Phi) is 4.34. The number of aryl methyl sites for hydroxylation is 2. The van der Waals surface area contributed by atoms with Crippen molar-refractivity contribution >= 4 is 17.2 Å². The molecule has 3 heterocycles. The van der Waals surface area contributed by atoms with Gasteiger partial charge in [0.1, 0.15) is 5.82 Å². The van der Waals surface area contributed by atoms with E-state index in [-0.39, 0.29) is 11.6 Å². The summed E-state index contributed by atoms with van der Waals surface area (Å²) in [5, 5.41) is 9.38. The first-order valence-corrected chi connectivity index (χ1v) is 10.8. The molecule has 0 N–H and O–H groups in total. The molecule has 1 aliphatic heterocycles. The summed E-state index contributed by atoms with van der Waals surface area (Å²) < 4.78 is 2.12. The highest BCUT2D eigenvalue weighted by Gasteiger charge is 2.46. The van der Waals surface area contributed by atoms with Crippen LogP contribution >= 0.6 is 11.6 Å². The van der Waals surface area contributed by atoms with E-state index in [4.69, 9.17) is 11.6 Å². The van der Waals surface area contributed by atoms with E-state index in [1.54, 1.807) is 0 Å². The van der Waals surface area contributed by atoms with E-state index in [9.17, 15) is 0 Å². The molecule has 5 heteroatoms. The number of benzene rings is 1. The molecule has 0 amide bonds. The summed E-state index contributed by atoms with van der Waals surface area (Å²) >= 11 is 6.17. The molecule has 1 aliphatic carbocycles. The summed E-state index contributed by atoms with van der Waals surface area (Å²) in [6.07, 6.45) is 9.67. The Morgan fingerprint density at radius 3 is 2.45 bits per heavy atom. The highest BCUT2D eigenvalue weighted by Crippen LogP contribution is 2.49. The molecular formula is C24H27ClN4. The predicted octanol–water partition coefficient (Wildman–Crippen LogP) is 5.63. The van der Waals surface area contributed by atoms with Crippen LogP contribution in [0.5, 0.6) is 0 Å². The average molecular weight is 407 g/mol. The van der Waals surface area contributed by atoms with Gasteiger partial charge in [0.25, 0.3) is 0 Å². The van der Waals surface area contributed by atoms with E-state index in [1.807, 2.05) is 19.1 Å². The van der Waals surface area contributed by atoms with E-state index in [2.05, 4.69) is 76.8 Å². The number of aromatic nitrogens is 3. The van der Waals surface area contributed by atoms with E-state index in [0.29, 0.717) is 6.04 Å². The first-order valence-electron chi connectivity index (χ1n) is 10.4. The summed E-state index contributed by atoms with van der Waals surface area (Å²) in [5.74, 6) is 1.68. The van der Waals surface area contributed by atoms with Crippen molar-refractivity contribution in [3.8, 4) is 0 Å². The zero-order valence-corrected chi connectivity index (χ0v) is 18.2. The first-order chi connectivity index (χ1) is 13.9. The Morgan fingerprint density at radius 1 is 1.03 bits per heavy atom. The summed E-state index contributed by atoms with van der Waals surface area (Å²) in [7, 11) is 0. The van der Waals surface area contributed by atoms with Crippen LogP contribution in [0.3, 0.4) is 0 Å². The minimum absolute atomic E-state index is 0.128. The molecule has 2 aromatic heterocycles. The van der Waals surface area contributed by atoms with Crippen LogP contribution in [-0.4, -0.2) is 25.5 Å². The van der Waals surface area contributed by atoms with Gasteiger partial charge >= 0.3 is 0 Å². The van der Waals surface area contributed by atoms with Gasteiger partial charge in [0, 0.05) is 22.8 Å². The first kappa shape index (κ1) is 18.8. The van der Waals surface area contributed by atoms with Gasteiger partial charge in [-0.15, -0.1) is 10.2 Å². The highest BCUT2D eigenvalue weighted by atomic mass is 35.5. The fraction of sp³-hybridized carbons (Fsp3) is 0.417. The van der Waals surface area contributed by atoms with Crippen LogP contribution in [0.1, 0.15) is 55.2 Å². The molecule has 0 radical (unpaired) electrons. The van der Waals surface area contributed by atoms with Crippen LogP contribution in [-0.2, 0) is 5.54 Å². The second kappa shape index (κ2) is 6.68. The number of halogens is 1. The van der Waals surface area contributed by atoms with E-state index in [0.717, 1.165) is 28.0 Å². The number of fused-ring (bicyclic) bond motifs is 1. The van der Waals surface area contributed by atoms with Gasteiger partial charge < -0.3 is 0 Å². The van der Waals surface area contributed by atoms with Gasteiger partial charge in [-0.3, -0.25) is 9.30 Å². The molecule has 0 saturated heterocycles. The summed E-state index contributed by atoms with van der Waals surface area (Å²) in [4.78, 5) is 2.69. The van der Waals surface area contributed by atoms with Crippen molar-refractivity contribution < 1.29 is 0 Å². The zero-order valence-electron chi connectivity index (χ0n) is 17.4. The zero-order chi connectivity index (χ0) is 20.3. The molecule has 3 aromatic rings. The van der Waals surface area contributed by atoms with Gasteiger partial charge in [0.2, 0.25) is 0 Å². The third-order valence-corrected chi connectivity index (χ3v) is 6.89. The highest BCUT2D eigenvalue weighted by molar-refractivity contribution is 6.30. The maximum Gasteiger partial charge on any atom is 0.163 e. The largest absolute Gasteiger partial charge is 0.286 e. The smallest absolute Gasteiger partial charge is 0.163 e. The van der Waals surface area contributed by atoms with E-state index >= 15 is 0 Å². The topological polar surface area (TPSA) is 33.4 Å². The van der Waals surface area contributed by atoms with Crippen LogP contribution in [0.4, 0.5) is 0 Å². The lowest BCUT2D eigenvalue weighted by Gasteiger charge is -2.44. The molecule has 1 fully saturated rings. The minimum Gasteiger partial charge on any atom is -0.286 e. The summed E-state index contributed by atoms with van der Waals surface area (Å²) in [5.41, 5.74) is 4.56. The lowest BCUT2D eigenvalue weighted by molar-refractivity contribution is 0.0611. The second-order valence-corrected chi connectivity index (χ2v) is 9.46. The molecular weight excluding hydrogens is 380 g/mol. The number of hydrogen-bond acceptors (Lipinski definition) is 3. The molecule has 150 valence electrons. The van der Waals surface area contributed by atoms with Crippen molar-refractivity contribution in [2.24, 2.45) is 5.92 Å². The molecule has 2 unspecified atom stereocenters. The van der Waals surface area contributed by atoms with Gasteiger partial charge in [-0.25, -0.2) is 0 Å². The number of hydrogen-bond donors (Lipinski definition) is 0. The Hall–Kier alpha value is -2.17. The maximum absolute atomic E-state index is 6.17. The predicted molar refractivity (Wildman–Crippen MR) is 117 cm³/mol. The standard InChI is InChI=1S/C24H27ClN4/c1-15-13-18(14-28-16(2)26-27-23(15)28)22-12-11-21(17-5-6-17)29(22)24(3,4)19-7-9-20(25)10-8-19/h7-14,17,21-22H,5-6H2,1-4H3. The van der Waals surface area contributed by atoms with Crippen LogP contribution < -0.4 is 0 Å². The quantitative estimate of drug-likeness (QED) is 0.527. The number of pyridine rings is 1. The van der Waals surface area contributed by atoms with Gasteiger partial charge in [0.05, 0.1) is 6.04 Å². The molecule has 0 bridgehead atoms. The average Bonchev–Trinajstić information content (AvgIpc) is 3.32. The molecule has 5 rings (SSSR count). The maximum atomic E-state index is 6.17. The van der Waals surface area contributed by atoms with Crippen LogP contribution in [0.15, 0.2) is 48.7 Å². The Balaban J connectivity index is 1.61. The second-order valence-electron chi connectivity index (χ2n) is 9.03. The summed E-state index contributed by atoms with van der Waals surface area (Å²) in [6.45, 7) is 8.80. The van der Waals surface area contributed by atoms with Crippen molar-refractivity contribution in [2.45, 2.75) is 58.2 Å². The van der Waals surface area contributed by atoms with E-state index < -0.39 is 0 Å². The van der Waals surface area contributed by atoms with Crippen molar-refractivity contribution in [3.05, 3.63) is 76.2 Å². The van der Waals surface area contributed by atoms with Crippen molar-refractivity contribution in [1.29, 1.82) is 0 Å². The van der Waals surface area contributed by atoms with Crippen molar-refractivity contribution in [1.82, 2.24) is 19.5 Å². The Labute approximate surface area is 177 Å². The van der Waals surface area contributed by atoms with Gasteiger partial charge in [0.15, 0.2) is 5.65 Å². The molecule has 0 spiro atoms. The SMILES string of the molecule is Cc1cc(C2C=CC(C3CC3)N2C(C)(C)c2ccc(Cl)cc2)cn2c(C)nnc12. The lowest BCUT2D eigenvalue weighted by Crippen LogP contribution is -2.47. The fourth-order valence-electron chi connectivity index (χ4n) is 4.87. The normalized spacial score (nSPS) is 22.7. The lowest BCUT2D eigenvalue weighted by atomic mass is 9.88. The molecule has 1 aromatic carbocycles. The van der Waals surface area contributed by atoms with Crippen LogP contribution in [0.2, 0.25) is 5.02 Å². The molecule has 2 atom stereocenters. The van der Waals surface area contributed by atoms with E-state index in [1.165, 1.54) is 24.0 Å². The van der Waals surface area contributed by atoms with Crippen LogP contribution in [0.25, 0.3) is 5.65 Å². The molecule has 2 aliphatic rings. The summed E-state index contributed by atoms with van der Waals surface area (Å²) in [6, 6.07) is 11.3. The molecule has 29 heavy (non-hydrogen) atoms. The van der Waals surface area contributed by atoms with Gasteiger partial charge in [-0.1, -0.05) is 35.9 Å². The molecule has 4 nitrogen and oxygen atoms in total. The Bertz CT molecular complexity index is 1090. The number of rotatable bonds is 4. The fourth-order valence-corrected chi connectivity index (χ4v) is 4.99. The third-order valence-electron chi connectivity index (χ3n) is 6.63. The van der Waals surface area contributed by atoms with Crippen molar-refractivity contribution in [3.63, 3.8) is 0 Å². The third kappa shape index (κ3) is 3.10. The van der Waals surface area contributed by atoms with Crippen LogP contribution in [0, 0.1) is 19.8 Å². The monoisotopic (exact) mass is 406 g/mol. The Morgan fingerprint density at radius 2 is 1.76 bits per heavy atom. The van der Waals surface area contributed by atoms with Gasteiger partial charge in [-0.2, -0.15) is 0 Å². The molecule has 1 saturated carbocycles.